The van der Waals surface area contributed by atoms with Gasteiger partial charge in [0, 0.05) is 18.1 Å². The lowest BCUT2D eigenvalue weighted by Gasteiger charge is -2.30. The highest BCUT2D eigenvalue weighted by Crippen LogP contribution is 2.41. The van der Waals surface area contributed by atoms with Gasteiger partial charge in [0.15, 0.2) is 0 Å². The highest BCUT2D eigenvalue weighted by Gasteiger charge is 2.28. The van der Waals surface area contributed by atoms with Crippen LogP contribution in [0.5, 0.6) is 5.75 Å². The third kappa shape index (κ3) is 2.29. The topological polar surface area (TPSA) is 29.5 Å². The first-order valence-corrected chi connectivity index (χ1v) is 6.76. The zero-order chi connectivity index (χ0) is 14.3. The van der Waals surface area contributed by atoms with Crippen LogP contribution >= 0.6 is 0 Å². The van der Waals surface area contributed by atoms with Crippen LogP contribution in [0.1, 0.15) is 40.9 Å². The molecular weight excluding hydrogens is 255 g/mol. The fraction of sp³-hybridized carbons (Fsp3) is 0.294. The first kappa shape index (κ1) is 13.1. The van der Waals surface area contributed by atoms with Crippen molar-refractivity contribution in [2.24, 2.45) is 0 Å². The summed E-state index contributed by atoms with van der Waals surface area (Å²) in [4.78, 5) is 0. The molecule has 0 bridgehead atoms. The Hall–Kier alpha value is -1.87. The standard InChI is InChI=1S/C17H17FO2/c1-10-3-4-12(7-11(10)2)16-9-15(19)14-6-5-13(18)8-17(14)20-16/h3-8,15-16,19H,9H2,1-2H3. The maximum absolute atomic E-state index is 13.3. The van der Waals surface area contributed by atoms with Gasteiger partial charge in [0.1, 0.15) is 17.7 Å². The van der Waals surface area contributed by atoms with Gasteiger partial charge in [-0.05, 0) is 42.7 Å². The van der Waals surface area contributed by atoms with E-state index in [9.17, 15) is 9.50 Å². The minimum absolute atomic E-state index is 0.237. The van der Waals surface area contributed by atoms with Gasteiger partial charge in [-0.3, -0.25) is 0 Å². The van der Waals surface area contributed by atoms with Crippen LogP contribution < -0.4 is 4.74 Å². The molecule has 0 aromatic heterocycles. The van der Waals surface area contributed by atoms with Crippen LogP contribution in [0.4, 0.5) is 4.39 Å². The number of fused-ring (bicyclic) bond motifs is 1. The maximum Gasteiger partial charge on any atom is 0.128 e. The van der Waals surface area contributed by atoms with Crippen molar-refractivity contribution in [1.82, 2.24) is 0 Å². The minimum Gasteiger partial charge on any atom is -0.485 e. The molecule has 0 fully saturated rings. The number of aliphatic hydroxyl groups is 1. The number of aryl methyl sites for hydroxylation is 2. The van der Waals surface area contributed by atoms with Gasteiger partial charge in [-0.2, -0.15) is 0 Å². The molecule has 2 unspecified atom stereocenters. The van der Waals surface area contributed by atoms with Crippen LogP contribution in [0.3, 0.4) is 0 Å². The molecule has 3 rings (SSSR count). The molecule has 2 aromatic carbocycles. The largest absolute Gasteiger partial charge is 0.485 e. The molecule has 1 N–H and O–H groups in total. The van der Waals surface area contributed by atoms with Crippen LogP contribution in [0, 0.1) is 19.7 Å². The molecule has 0 radical (unpaired) electrons. The number of ether oxygens (including phenoxy) is 1. The number of hydrogen-bond donors (Lipinski definition) is 1. The summed E-state index contributed by atoms with van der Waals surface area (Å²) < 4.78 is 19.2. The van der Waals surface area contributed by atoms with Crippen LogP contribution in [0.15, 0.2) is 36.4 Å². The van der Waals surface area contributed by atoms with E-state index >= 15 is 0 Å². The van der Waals surface area contributed by atoms with Gasteiger partial charge in [-0.15, -0.1) is 0 Å². The number of hydrogen-bond acceptors (Lipinski definition) is 2. The van der Waals surface area contributed by atoms with Crippen molar-refractivity contribution < 1.29 is 14.2 Å². The fourth-order valence-electron chi connectivity index (χ4n) is 2.59. The highest BCUT2D eigenvalue weighted by molar-refractivity contribution is 5.40. The molecule has 20 heavy (non-hydrogen) atoms. The predicted octanol–water partition coefficient (Wildman–Crippen LogP) is 4.00. The summed E-state index contributed by atoms with van der Waals surface area (Å²) in [6, 6.07) is 10.4. The first-order chi connectivity index (χ1) is 9.54. The molecule has 1 aliphatic rings. The molecule has 2 nitrogen and oxygen atoms in total. The molecule has 1 aliphatic heterocycles. The SMILES string of the molecule is Cc1ccc(C2CC(O)c3ccc(F)cc3O2)cc1C. The van der Waals surface area contributed by atoms with Crippen molar-refractivity contribution in [3.8, 4) is 5.75 Å². The van der Waals surface area contributed by atoms with E-state index in [1.165, 1.54) is 23.3 Å². The Balaban J connectivity index is 1.96. The van der Waals surface area contributed by atoms with E-state index in [1.807, 2.05) is 19.1 Å². The minimum atomic E-state index is -0.619. The lowest BCUT2D eigenvalue weighted by atomic mass is 9.93. The Bertz CT molecular complexity index is 651. The Morgan fingerprint density at radius 2 is 1.90 bits per heavy atom. The lowest BCUT2D eigenvalue weighted by molar-refractivity contribution is 0.0653. The van der Waals surface area contributed by atoms with Gasteiger partial charge >= 0.3 is 0 Å². The smallest absolute Gasteiger partial charge is 0.128 e. The van der Waals surface area contributed by atoms with Gasteiger partial charge < -0.3 is 9.84 Å². The van der Waals surface area contributed by atoms with Crippen molar-refractivity contribution in [1.29, 1.82) is 0 Å². The number of halogens is 1. The molecule has 0 aliphatic carbocycles. The molecule has 1 heterocycles. The molecule has 0 saturated carbocycles. The number of rotatable bonds is 1. The van der Waals surface area contributed by atoms with E-state index in [0.29, 0.717) is 17.7 Å². The summed E-state index contributed by atoms with van der Waals surface area (Å²) in [5.41, 5.74) is 4.08. The van der Waals surface area contributed by atoms with Gasteiger partial charge in [0.05, 0.1) is 6.10 Å². The van der Waals surface area contributed by atoms with E-state index in [-0.39, 0.29) is 11.9 Å². The van der Waals surface area contributed by atoms with E-state index < -0.39 is 6.10 Å². The molecular formula is C17H17FO2. The Kier molecular flexibility index (Phi) is 3.22. The quantitative estimate of drug-likeness (QED) is 0.850. The third-order valence-corrected chi connectivity index (χ3v) is 3.94. The number of benzene rings is 2. The second-order valence-corrected chi connectivity index (χ2v) is 5.38. The molecule has 0 spiro atoms. The predicted molar refractivity (Wildman–Crippen MR) is 75.3 cm³/mol. The molecule has 2 atom stereocenters. The van der Waals surface area contributed by atoms with Crippen LogP contribution in [0.2, 0.25) is 0 Å². The average molecular weight is 272 g/mol. The van der Waals surface area contributed by atoms with E-state index in [4.69, 9.17) is 4.74 Å². The fourth-order valence-corrected chi connectivity index (χ4v) is 2.59. The summed E-state index contributed by atoms with van der Waals surface area (Å²) in [5, 5.41) is 10.2. The van der Waals surface area contributed by atoms with Crippen LogP contribution in [0.25, 0.3) is 0 Å². The second kappa shape index (κ2) is 4.91. The van der Waals surface area contributed by atoms with Gasteiger partial charge in [0.2, 0.25) is 0 Å². The Labute approximate surface area is 117 Å². The Morgan fingerprint density at radius 1 is 1.10 bits per heavy atom. The summed E-state index contributed by atoms with van der Waals surface area (Å²) >= 11 is 0. The maximum atomic E-state index is 13.3. The summed E-state index contributed by atoms with van der Waals surface area (Å²) in [7, 11) is 0. The third-order valence-electron chi connectivity index (χ3n) is 3.94. The molecule has 0 saturated heterocycles. The highest BCUT2D eigenvalue weighted by atomic mass is 19.1. The summed E-state index contributed by atoms with van der Waals surface area (Å²) in [6.07, 6.45) is -0.370. The monoisotopic (exact) mass is 272 g/mol. The molecule has 3 heteroatoms. The molecule has 2 aromatic rings. The lowest BCUT2D eigenvalue weighted by Crippen LogP contribution is -2.19. The molecule has 104 valence electrons. The summed E-state index contributed by atoms with van der Waals surface area (Å²) in [5.74, 6) is 0.0867. The van der Waals surface area contributed by atoms with Gasteiger partial charge in [0.25, 0.3) is 0 Å². The normalized spacial score (nSPS) is 21.2. The van der Waals surface area contributed by atoms with Crippen molar-refractivity contribution in [3.63, 3.8) is 0 Å². The van der Waals surface area contributed by atoms with E-state index in [2.05, 4.69) is 13.0 Å². The van der Waals surface area contributed by atoms with Gasteiger partial charge in [-0.1, -0.05) is 18.2 Å². The zero-order valence-corrected chi connectivity index (χ0v) is 11.6. The second-order valence-electron chi connectivity index (χ2n) is 5.38. The van der Waals surface area contributed by atoms with Crippen molar-refractivity contribution >= 4 is 0 Å². The zero-order valence-electron chi connectivity index (χ0n) is 11.6. The van der Waals surface area contributed by atoms with E-state index in [0.717, 1.165) is 5.56 Å². The van der Waals surface area contributed by atoms with Crippen molar-refractivity contribution in [2.45, 2.75) is 32.5 Å². The van der Waals surface area contributed by atoms with Crippen LogP contribution in [-0.4, -0.2) is 5.11 Å². The van der Waals surface area contributed by atoms with Crippen molar-refractivity contribution in [3.05, 3.63) is 64.5 Å². The average Bonchev–Trinajstić information content (AvgIpc) is 2.41. The summed E-state index contributed by atoms with van der Waals surface area (Å²) in [6.45, 7) is 4.10. The molecule has 0 amide bonds. The van der Waals surface area contributed by atoms with Gasteiger partial charge in [-0.25, -0.2) is 4.39 Å². The number of aliphatic hydroxyl groups excluding tert-OH is 1. The van der Waals surface area contributed by atoms with Crippen molar-refractivity contribution in [2.75, 3.05) is 0 Å². The Morgan fingerprint density at radius 3 is 2.65 bits per heavy atom. The first-order valence-electron chi connectivity index (χ1n) is 6.76. The van der Waals surface area contributed by atoms with E-state index in [1.54, 1.807) is 6.07 Å². The van der Waals surface area contributed by atoms with Crippen LogP contribution in [-0.2, 0) is 0 Å².